The third-order valence-electron chi connectivity index (χ3n) is 3.37. The fourth-order valence-corrected chi connectivity index (χ4v) is 2.74. The number of primary sulfonamides is 1. The van der Waals surface area contributed by atoms with Crippen LogP contribution in [0.5, 0.6) is 0 Å². The van der Waals surface area contributed by atoms with Gasteiger partial charge in [0, 0.05) is 19.9 Å². The van der Waals surface area contributed by atoms with Gasteiger partial charge in [0.15, 0.2) is 0 Å². The largest absolute Gasteiger partial charge is 0.376 e. The third kappa shape index (κ3) is 2.80. The second-order valence-corrected chi connectivity index (χ2v) is 6.20. The Labute approximate surface area is 111 Å². The Morgan fingerprint density at radius 2 is 2.26 bits per heavy atom. The predicted octanol–water partition coefficient (Wildman–Crippen LogP) is -0.0885. The van der Waals surface area contributed by atoms with Crippen molar-refractivity contribution in [3.05, 3.63) is 18.0 Å². The van der Waals surface area contributed by atoms with Gasteiger partial charge in [0.05, 0.1) is 17.0 Å². The summed E-state index contributed by atoms with van der Waals surface area (Å²) in [5, 5.41) is 5.00. The van der Waals surface area contributed by atoms with E-state index in [1.165, 1.54) is 12.3 Å². The van der Waals surface area contributed by atoms with Crippen molar-refractivity contribution in [1.29, 1.82) is 0 Å². The summed E-state index contributed by atoms with van der Waals surface area (Å²) in [6.07, 6.45) is 1.96. The van der Waals surface area contributed by atoms with E-state index in [1.54, 1.807) is 11.9 Å². The van der Waals surface area contributed by atoms with E-state index in [-0.39, 0.29) is 28.6 Å². The lowest BCUT2D eigenvalue weighted by Crippen LogP contribution is -2.41. The molecular weight excluding hydrogens is 270 g/mol. The van der Waals surface area contributed by atoms with Crippen molar-refractivity contribution in [2.75, 3.05) is 13.7 Å². The molecule has 1 saturated heterocycles. The third-order valence-corrected chi connectivity index (χ3v) is 4.26. The first-order valence-electron chi connectivity index (χ1n) is 5.90. The Morgan fingerprint density at radius 3 is 2.74 bits per heavy atom. The normalized spacial score (nSPS) is 23.5. The summed E-state index contributed by atoms with van der Waals surface area (Å²) in [5.41, 5.74) is 0.200. The minimum absolute atomic E-state index is 0.00580. The summed E-state index contributed by atoms with van der Waals surface area (Å²) in [5.74, 6) is -0.280. The van der Waals surface area contributed by atoms with Crippen LogP contribution in [0, 0.1) is 0 Å². The lowest BCUT2D eigenvalue weighted by Gasteiger charge is -2.26. The van der Waals surface area contributed by atoms with Crippen LogP contribution in [0.3, 0.4) is 0 Å². The first-order valence-corrected chi connectivity index (χ1v) is 7.45. The zero-order chi connectivity index (χ0) is 14.2. The lowest BCUT2D eigenvalue weighted by molar-refractivity contribution is 0.0570. The minimum Gasteiger partial charge on any atom is -0.376 e. The van der Waals surface area contributed by atoms with Crippen LogP contribution in [0.4, 0.5) is 0 Å². The van der Waals surface area contributed by atoms with Crippen LogP contribution in [0.25, 0.3) is 0 Å². The monoisotopic (exact) mass is 287 g/mol. The quantitative estimate of drug-likeness (QED) is 0.810. The number of hydrogen-bond donors (Lipinski definition) is 2. The van der Waals surface area contributed by atoms with E-state index in [0.717, 1.165) is 6.42 Å². The number of carbonyl (C=O) groups excluding carboxylic acids is 1. The van der Waals surface area contributed by atoms with Crippen molar-refractivity contribution in [3.63, 3.8) is 0 Å². The van der Waals surface area contributed by atoms with Gasteiger partial charge in [-0.05, 0) is 19.4 Å². The number of hydrogen-bond acceptors (Lipinski definition) is 4. The van der Waals surface area contributed by atoms with Crippen molar-refractivity contribution in [2.24, 2.45) is 5.14 Å². The van der Waals surface area contributed by atoms with Gasteiger partial charge in [0.1, 0.15) is 5.69 Å². The SMILES string of the molecule is CC1OCCC1N(C)C(=O)c1cc(S(N)(=O)=O)c[nH]1. The van der Waals surface area contributed by atoms with Gasteiger partial charge >= 0.3 is 0 Å². The van der Waals surface area contributed by atoms with Crippen LogP contribution >= 0.6 is 0 Å². The van der Waals surface area contributed by atoms with Crippen LogP contribution in [-0.2, 0) is 14.8 Å². The molecule has 2 atom stereocenters. The minimum atomic E-state index is -3.80. The molecule has 2 heterocycles. The zero-order valence-electron chi connectivity index (χ0n) is 10.8. The lowest BCUT2D eigenvalue weighted by atomic mass is 10.1. The predicted molar refractivity (Wildman–Crippen MR) is 68.1 cm³/mol. The molecule has 1 amide bonds. The molecule has 0 bridgehead atoms. The number of likely N-dealkylation sites (N-methyl/N-ethyl adjacent to an activating group) is 1. The van der Waals surface area contributed by atoms with Crippen molar-refractivity contribution in [3.8, 4) is 0 Å². The Bertz CT molecular complexity index is 581. The van der Waals surface area contributed by atoms with Gasteiger partial charge in [0.25, 0.3) is 5.91 Å². The topological polar surface area (TPSA) is 105 Å². The number of nitrogens with two attached hydrogens (primary N) is 1. The van der Waals surface area contributed by atoms with Gasteiger partial charge in [-0.3, -0.25) is 4.79 Å². The molecule has 2 rings (SSSR count). The summed E-state index contributed by atoms with van der Waals surface area (Å²) in [6, 6.07) is 1.24. The Morgan fingerprint density at radius 1 is 1.58 bits per heavy atom. The number of ether oxygens (including phenoxy) is 1. The Kier molecular flexibility index (Phi) is 3.66. The fraction of sp³-hybridized carbons (Fsp3) is 0.545. The molecule has 0 spiro atoms. The highest BCUT2D eigenvalue weighted by molar-refractivity contribution is 7.89. The van der Waals surface area contributed by atoms with E-state index >= 15 is 0 Å². The number of aromatic nitrogens is 1. The number of amides is 1. The number of sulfonamides is 1. The molecule has 1 aliphatic rings. The summed E-state index contributed by atoms with van der Waals surface area (Å²) in [4.78, 5) is 16.3. The van der Waals surface area contributed by atoms with Crippen molar-refractivity contribution >= 4 is 15.9 Å². The van der Waals surface area contributed by atoms with Gasteiger partial charge in [-0.15, -0.1) is 0 Å². The number of nitrogens with zero attached hydrogens (tertiary/aromatic N) is 1. The molecule has 1 aromatic rings. The zero-order valence-corrected chi connectivity index (χ0v) is 11.6. The molecule has 19 heavy (non-hydrogen) atoms. The van der Waals surface area contributed by atoms with E-state index in [4.69, 9.17) is 9.88 Å². The molecule has 1 aromatic heterocycles. The van der Waals surface area contributed by atoms with Crippen molar-refractivity contribution in [2.45, 2.75) is 30.4 Å². The maximum atomic E-state index is 12.2. The number of carbonyl (C=O) groups is 1. The molecule has 7 nitrogen and oxygen atoms in total. The second kappa shape index (κ2) is 4.95. The molecule has 106 valence electrons. The number of rotatable bonds is 3. The van der Waals surface area contributed by atoms with E-state index in [1.807, 2.05) is 6.92 Å². The van der Waals surface area contributed by atoms with E-state index in [9.17, 15) is 13.2 Å². The molecular formula is C11H17N3O4S. The molecule has 0 radical (unpaired) electrons. The molecule has 1 aliphatic heterocycles. The molecule has 8 heteroatoms. The van der Waals surface area contributed by atoms with Crippen LogP contribution in [0.2, 0.25) is 0 Å². The van der Waals surface area contributed by atoms with Gasteiger partial charge < -0.3 is 14.6 Å². The summed E-state index contributed by atoms with van der Waals surface area (Å²) < 4.78 is 27.7. The van der Waals surface area contributed by atoms with Gasteiger partial charge in [0.2, 0.25) is 10.0 Å². The molecule has 0 saturated carbocycles. The average molecular weight is 287 g/mol. The van der Waals surface area contributed by atoms with E-state index in [0.29, 0.717) is 6.61 Å². The highest BCUT2D eigenvalue weighted by Gasteiger charge is 2.31. The summed E-state index contributed by atoms with van der Waals surface area (Å²) in [6.45, 7) is 2.53. The number of nitrogens with one attached hydrogen (secondary N) is 1. The molecule has 2 unspecified atom stereocenters. The highest BCUT2D eigenvalue weighted by Crippen LogP contribution is 2.20. The van der Waals surface area contributed by atoms with Crippen LogP contribution < -0.4 is 5.14 Å². The highest BCUT2D eigenvalue weighted by atomic mass is 32.2. The molecule has 3 N–H and O–H groups in total. The second-order valence-electron chi connectivity index (χ2n) is 4.64. The van der Waals surface area contributed by atoms with Gasteiger partial charge in [-0.25, -0.2) is 13.6 Å². The van der Waals surface area contributed by atoms with Crippen LogP contribution in [0.15, 0.2) is 17.2 Å². The van der Waals surface area contributed by atoms with Crippen LogP contribution in [-0.4, -0.2) is 50.0 Å². The van der Waals surface area contributed by atoms with E-state index < -0.39 is 10.0 Å². The molecule has 0 aliphatic carbocycles. The molecule has 0 aromatic carbocycles. The fourth-order valence-electron chi connectivity index (χ4n) is 2.23. The van der Waals surface area contributed by atoms with Crippen LogP contribution in [0.1, 0.15) is 23.8 Å². The average Bonchev–Trinajstić information content (AvgIpc) is 2.94. The van der Waals surface area contributed by atoms with E-state index in [2.05, 4.69) is 4.98 Å². The maximum absolute atomic E-state index is 12.2. The van der Waals surface area contributed by atoms with Gasteiger partial charge in [-0.2, -0.15) is 0 Å². The smallest absolute Gasteiger partial charge is 0.270 e. The molecule has 1 fully saturated rings. The first-order chi connectivity index (χ1) is 8.80. The number of H-pyrrole nitrogens is 1. The maximum Gasteiger partial charge on any atom is 0.270 e. The van der Waals surface area contributed by atoms with Gasteiger partial charge in [-0.1, -0.05) is 0 Å². The van der Waals surface area contributed by atoms with Crippen molar-refractivity contribution in [1.82, 2.24) is 9.88 Å². The summed E-state index contributed by atoms with van der Waals surface area (Å²) >= 11 is 0. The van der Waals surface area contributed by atoms with Crippen molar-refractivity contribution < 1.29 is 17.9 Å². The number of aromatic amines is 1. The Balaban J connectivity index is 2.18. The Hall–Kier alpha value is -1.38. The standard InChI is InChI=1S/C11H17N3O4S/c1-7-10(3-4-18-7)14(2)11(15)9-5-8(6-13-9)19(12,16)17/h5-7,10,13H,3-4H2,1-2H3,(H2,12,16,17). The summed E-state index contributed by atoms with van der Waals surface area (Å²) in [7, 11) is -2.12. The first kappa shape index (κ1) is 14.0.